The minimum atomic E-state index is 0.814. The Kier molecular flexibility index (Phi) is 3.32. The van der Waals surface area contributed by atoms with Crippen molar-refractivity contribution in [1.29, 1.82) is 0 Å². The number of aryl methyl sites for hydroxylation is 1. The number of fused-ring (bicyclic) bond motifs is 1. The third kappa shape index (κ3) is 2.18. The van der Waals surface area contributed by atoms with Crippen LogP contribution in [0.3, 0.4) is 0 Å². The highest BCUT2D eigenvalue weighted by atomic mass is 35.5. The molecular formula is C13H16ClN. The van der Waals surface area contributed by atoms with Gasteiger partial charge in [0.15, 0.2) is 0 Å². The summed E-state index contributed by atoms with van der Waals surface area (Å²) in [5.41, 5.74) is 2.46. The molecule has 1 heterocycles. The molecule has 1 aromatic heterocycles. The van der Waals surface area contributed by atoms with E-state index in [9.17, 15) is 0 Å². The molecule has 0 unspecified atom stereocenters. The monoisotopic (exact) mass is 221 g/mol. The largest absolute Gasteiger partial charge is 0.360 e. The Morgan fingerprint density at radius 1 is 1.27 bits per heavy atom. The molecule has 0 aliphatic carbocycles. The highest BCUT2D eigenvalue weighted by molar-refractivity contribution is 6.35. The van der Waals surface area contributed by atoms with E-state index in [2.05, 4.69) is 24.2 Å². The number of aromatic amines is 1. The maximum absolute atomic E-state index is 6.10. The fourth-order valence-corrected chi connectivity index (χ4v) is 2.18. The lowest BCUT2D eigenvalue weighted by molar-refractivity contribution is 0.719. The first-order valence-electron chi connectivity index (χ1n) is 5.57. The van der Waals surface area contributed by atoms with Gasteiger partial charge in [-0.15, -0.1) is 0 Å². The third-order valence-corrected chi connectivity index (χ3v) is 3.11. The maximum atomic E-state index is 6.10. The predicted molar refractivity (Wildman–Crippen MR) is 66.5 cm³/mol. The van der Waals surface area contributed by atoms with Crippen LogP contribution in [0.1, 0.15) is 31.7 Å². The van der Waals surface area contributed by atoms with Crippen molar-refractivity contribution >= 4 is 22.5 Å². The van der Waals surface area contributed by atoms with E-state index >= 15 is 0 Å². The van der Waals surface area contributed by atoms with E-state index in [4.69, 9.17) is 11.6 Å². The van der Waals surface area contributed by atoms with E-state index in [1.54, 1.807) is 0 Å². The summed E-state index contributed by atoms with van der Waals surface area (Å²) >= 11 is 6.10. The van der Waals surface area contributed by atoms with Gasteiger partial charge < -0.3 is 4.98 Å². The van der Waals surface area contributed by atoms with E-state index in [0.29, 0.717) is 0 Å². The molecule has 0 atom stereocenters. The van der Waals surface area contributed by atoms with Gasteiger partial charge in [0.25, 0.3) is 0 Å². The van der Waals surface area contributed by atoms with E-state index in [1.807, 2.05) is 12.1 Å². The quantitative estimate of drug-likeness (QED) is 0.729. The van der Waals surface area contributed by atoms with Crippen molar-refractivity contribution in [1.82, 2.24) is 4.98 Å². The first-order chi connectivity index (χ1) is 7.33. The van der Waals surface area contributed by atoms with Crippen LogP contribution in [0.5, 0.6) is 0 Å². The second-order valence-electron chi connectivity index (χ2n) is 3.93. The van der Waals surface area contributed by atoms with Gasteiger partial charge in [-0.25, -0.2) is 0 Å². The molecule has 0 amide bonds. The number of benzene rings is 1. The number of aromatic nitrogens is 1. The molecular weight excluding hydrogens is 206 g/mol. The van der Waals surface area contributed by atoms with Gasteiger partial charge in [-0.2, -0.15) is 0 Å². The number of H-pyrrole nitrogens is 1. The van der Waals surface area contributed by atoms with E-state index in [1.165, 1.54) is 30.2 Å². The second kappa shape index (κ2) is 4.71. The molecule has 0 fully saturated rings. The normalized spacial score (nSPS) is 11.1. The number of hydrogen-bond donors (Lipinski definition) is 1. The summed E-state index contributed by atoms with van der Waals surface area (Å²) in [5.74, 6) is 0. The molecule has 2 aromatic rings. The Morgan fingerprint density at radius 2 is 2.13 bits per heavy atom. The average molecular weight is 222 g/mol. The summed E-state index contributed by atoms with van der Waals surface area (Å²) < 4.78 is 0. The lowest BCUT2D eigenvalue weighted by atomic mass is 10.1. The minimum absolute atomic E-state index is 0.814. The molecule has 1 N–H and O–H groups in total. The molecule has 1 aromatic carbocycles. The van der Waals surface area contributed by atoms with Crippen molar-refractivity contribution in [3.05, 3.63) is 35.0 Å². The maximum Gasteiger partial charge on any atom is 0.0647 e. The molecule has 80 valence electrons. The third-order valence-electron chi connectivity index (χ3n) is 2.80. The number of nitrogens with one attached hydrogen (secondary N) is 1. The smallest absolute Gasteiger partial charge is 0.0647 e. The van der Waals surface area contributed by atoms with Gasteiger partial charge in [0, 0.05) is 11.6 Å². The minimum Gasteiger partial charge on any atom is -0.360 e. The summed E-state index contributed by atoms with van der Waals surface area (Å²) in [6.07, 6.45) is 7.06. The number of hydrogen-bond acceptors (Lipinski definition) is 0. The lowest BCUT2D eigenvalue weighted by Crippen LogP contribution is -1.82. The van der Waals surface area contributed by atoms with Crippen LogP contribution in [0.2, 0.25) is 5.02 Å². The molecule has 0 aliphatic heterocycles. The Bertz CT molecular complexity index is 445. The van der Waals surface area contributed by atoms with Crippen molar-refractivity contribution in [2.24, 2.45) is 0 Å². The molecule has 0 aliphatic rings. The Hall–Kier alpha value is -0.950. The highest BCUT2D eigenvalue weighted by Gasteiger charge is 2.05. The second-order valence-corrected chi connectivity index (χ2v) is 4.34. The molecule has 15 heavy (non-hydrogen) atoms. The number of rotatable bonds is 4. The summed E-state index contributed by atoms with van der Waals surface area (Å²) in [4.78, 5) is 3.25. The fraction of sp³-hybridized carbons (Fsp3) is 0.385. The van der Waals surface area contributed by atoms with Crippen LogP contribution in [0.15, 0.2) is 24.4 Å². The topological polar surface area (TPSA) is 15.8 Å². The van der Waals surface area contributed by atoms with Crippen LogP contribution in [0.4, 0.5) is 0 Å². The number of unbranched alkanes of at least 4 members (excludes halogenated alkanes) is 2. The molecule has 2 heteroatoms. The highest BCUT2D eigenvalue weighted by Crippen LogP contribution is 2.26. The first kappa shape index (κ1) is 10.6. The van der Waals surface area contributed by atoms with Crippen LogP contribution in [-0.4, -0.2) is 4.98 Å². The van der Waals surface area contributed by atoms with E-state index in [-0.39, 0.29) is 0 Å². The SMILES string of the molecule is CCCCCc1c[nH]c2c(Cl)cccc12. The summed E-state index contributed by atoms with van der Waals surface area (Å²) in [5, 5.41) is 2.09. The molecule has 0 saturated carbocycles. The van der Waals surface area contributed by atoms with Gasteiger partial charge in [-0.05, 0) is 24.5 Å². The zero-order chi connectivity index (χ0) is 10.7. The molecule has 0 saturated heterocycles. The Labute approximate surface area is 95.5 Å². The summed E-state index contributed by atoms with van der Waals surface area (Å²) in [7, 11) is 0. The Morgan fingerprint density at radius 3 is 2.93 bits per heavy atom. The van der Waals surface area contributed by atoms with Crippen LogP contribution in [0.25, 0.3) is 10.9 Å². The number of para-hydroxylation sites is 1. The van der Waals surface area contributed by atoms with Crippen LogP contribution in [-0.2, 0) is 6.42 Å². The molecule has 0 bridgehead atoms. The van der Waals surface area contributed by atoms with Crippen molar-refractivity contribution < 1.29 is 0 Å². The van der Waals surface area contributed by atoms with Gasteiger partial charge in [0.2, 0.25) is 0 Å². The zero-order valence-electron chi connectivity index (χ0n) is 9.02. The van der Waals surface area contributed by atoms with Crippen molar-refractivity contribution in [3.63, 3.8) is 0 Å². The molecule has 0 spiro atoms. The van der Waals surface area contributed by atoms with Crippen molar-refractivity contribution in [2.45, 2.75) is 32.6 Å². The fourth-order valence-electron chi connectivity index (χ4n) is 1.95. The van der Waals surface area contributed by atoms with Crippen molar-refractivity contribution in [2.75, 3.05) is 0 Å². The van der Waals surface area contributed by atoms with Crippen LogP contribution < -0.4 is 0 Å². The summed E-state index contributed by atoms with van der Waals surface area (Å²) in [6, 6.07) is 6.08. The first-order valence-corrected chi connectivity index (χ1v) is 5.95. The lowest BCUT2D eigenvalue weighted by Gasteiger charge is -1.98. The van der Waals surface area contributed by atoms with Gasteiger partial charge >= 0.3 is 0 Å². The van der Waals surface area contributed by atoms with E-state index < -0.39 is 0 Å². The average Bonchev–Trinajstić information content (AvgIpc) is 2.64. The summed E-state index contributed by atoms with van der Waals surface area (Å²) in [6.45, 7) is 2.23. The predicted octanol–water partition coefficient (Wildman–Crippen LogP) is 4.55. The molecule has 2 rings (SSSR count). The standard InChI is InChI=1S/C13H16ClN/c1-2-3-4-6-10-9-15-13-11(10)7-5-8-12(13)14/h5,7-9,15H,2-4,6H2,1H3. The van der Waals surface area contributed by atoms with Crippen LogP contribution >= 0.6 is 11.6 Å². The molecule has 1 nitrogen and oxygen atoms in total. The Balaban J connectivity index is 2.25. The van der Waals surface area contributed by atoms with Gasteiger partial charge in [0.05, 0.1) is 10.5 Å². The van der Waals surface area contributed by atoms with Crippen LogP contribution in [0, 0.1) is 0 Å². The van der Waals surface area contributed by atoms with E-state index in [0.717, 1.165) is 17.0 Å². The molecule has 0 radical (unpaired) electrons. The van der Waals surface area contributed by atoms with Crippen molar-refractivity contribution in [3.8, 4) is 0 Å². The van der Waals surface area contributed by atoms with Gasteiger partial charge in [-0.1, -0.05) is 43.5 Å². The zero-order valence-corrected chi connectivity index (χ0v) is 9.77. The number of halogens is 1. The van der Waals surface area contributed by atoms with Gasteiger partial charge in [-0.3, -0.25) is 0 Å². The van der Waals surface area contributed by atoms with Gasteiger partial charge in [0.1, 0.15) is 0 Å².